The summed E-state index contributed by atoms with van der Waals surface area (Å²) >= 11 is 0. The number of para-hydroxylation sites is 1. The summed E-state index contributed by atoms with van der Waals surface area (Å²) in [5.41, 5.74) is 2.58. The van der Waals surface area contributed by atoms with Crippen molar-refractivity contribution in [3.05, 3.63) is 84.4 Å². The first-order valence-electron chi connectivity index (χ1n) is 9.27. The van der Waals surface area contributed by atoms with Crippen LogP contribution in [0.15, 0.2) is 78.9 Å². The van der Waals surface area contributed by atoms with Crippen LogP contribution in [0.25, 0.3) is 0 Å². The Morgan fingerprint density at radius 3 is 2.26 bits per heavy atom. The van der Waals surface area contributed by atoms with Gasteiger partial charge >= 0.3 is 0 Å². The van der Waals surface area contributed by atoms with Gasteiger partial charge in [0.15, 0.2) is 0 Å². The molecule has 27 heavy (non-hydrogen) atoms. The van der Waals surface area contributed by atoms with E-state index >= 15 is 0 Å². The summed E-state index contributed by atoms with van der Waals surface area (Å²) in [5, 5.41) is 2.98. The molecule has 1 fully saturated rings. The number of rotatable bonds is 5. The van der Waals surface area contributed by atoms with E-state index in [1.165, 1.54) is 12.8 Å². The largest absolute Gasteiger partial charge is 0.457 e. The van der Waals surface area contributed by atoms with Crippen LogP contribution in [0.5, 0.6) is 11.5 Å². The fourth-order valence-electron chi connectivity index (χ4n) is 3.26. The standard InChI is InChI=1S/C23H22N2O2/c26-23(24-19-7-6-8-20(17-19)25-15-4-5-16-25)18-11-13-22(14-12-18)27-21-9-2-1-3-10-21/h1-3,6-14,17H,4-5,15-16H2,(H,24,26). The van der Waals surface area contributed by atoms with E-state index in [1.54, 1.807) is 12.1 Å². The van der Waals surface area contributed by atoms with Crippen LogP contribution in [-0.4, -0.2) is 19.0 Å². The lowest BCUT2D eigenvalue weighted by molar-refractivity contribution is 0.102. The Morgan fingerprint density at radius 2 is 1.52 bits per heavy atom. The summed E-state index contributed by atoms with van der Waals surface area (Å²) in [4.78, 5) is 14.9. The summed E-state index contributed by atoms with van der Waals surface area (Å²) in [6.07, 6.45) is 2.46. The van der Waals surface area contributed by atoms with Gasteiger partial charge < -0.3 is 15.0 Å². The Bertz CT molecular complexity index is 901. The van der Waals surface area contributed by atoms with E-state index in [1.807, 2.05) is 60.7 Å². The molecule has 1 amide bonds. The summed E-state index contributed by atoms with van der Waals surface area (Å²) in [7, 11) is 0. The highest BCUT2D eigenvalue weighted by Crippen LogP contribution is 2.24. The fourth-order valence-corrected chi connectivity index (χ4v) is 3.26. The van der Waals surface area contributed by atoms with Crippen LogP contribution in [0.2, 0.25) is 0 Å². The molecule has 1 saturated heterocycles. The maximum atomic E-state index is 12.6. The smallest absolute Gasteiger partial charge is 0.255 e. The van der Waals surface area contributed by atoms with E-state index in [4.69, 9.17) is 4.74 Å². The molecule has 1 heterocycles. The molecule has 136 valence electrons. The van der Waals surface area contributed by atoms with Gasteiger partial charge in [-0.2, -0.15) is 0 Å². The van der Waals surface area contributed by atoms with Gasteiger partial charge in [-0.25, -0.2) is 0 Å². The van der Waals surface area contributed by atoms with Crippen molar-refractivity contribution < 1.29 is 9.53 Å². The molecule has 0 atom stereocenters. The van der Waals surface area contributed by atoms with Crippen molar-refractivity contribution in [3.8, 4) is 11.5 Å². The van der Waals surface area contributed by atoms with E-state index in [2.05, 4.69) is 16.3 Å². The molecule has 1 aliphatic heterocycles. The fraction of sp³-hybridized carbons (Fsp3) is 0.174. The summed E-state index contributed by atoms with van der Waals surface area (Å²) in [6, 6.07) is 24.8. The van der Waals surface area contributed by atoms with Crippen LogP contribution in [0.1, 0.15) is 23.2 Å². The summed E-state index contributed by atoms with van der Waals surface area (Å²) in [5.74, 6) is 1.35. The van der Waals surface area contributed by atoms with Crippen molar-refractivity contribution in [1.29, 1.82) is 0 Å². The molecule has 0 unspecified atom stereocenters. The molecule has 4 rings (SSSR count). The van der Waals surface area contributed by atoms with E-state index in [-0.39, 0.29) is 5.91 Å². The third-order valence-electron chi connectivity index (χ3n) is 4.67. The molecule has 0 spiro atoms. The normalized spacial score (nSPS) is 13.4. The zero-order valence-electron chi connectivity index (χ0n) is 15.1. The highest BCUT2D eigenvalue weighted by Gasteiger charge is 2.13. The van der Waals surface area contributed by atoms with Gasteiger partial charge in [-0.05, 0) is 67.4 Å². The Hall–Kier alpha value is -3.27. The van der Waals surface area contributed by atoms with E-state index < -0.39 is 0 Å². The number of nitrogens with one attached hydrogen (secondary N) is 1. The highest BCUT2D eigenvalue weighted by atomic mass is 16.5. The van der Waals surface area contributed by atoms with Crippen LogP contribution in [-0.2, 0) is 0 Å². The average molecular weight is 358 g/mol. The number of anilines is 2. The van der Waals surface area contributed by atoms with Crippen molar-refractivity contribution in [2.45, 2.75) is 12.8 Å². The Balaban J connectivity index is 1.41. The predicted octanol–water partition coefficient (Wildman–Crippen LogP) is 5.33. The maximum absolute atomic E-state index is 12.6. The zero-order valence-corrected chi connectivity index (χ0v) is 15.1. The quantitative estimate of drug-likeness (QED) is 0.670. The van der Waals surface area contributed by atoms with Crippen molar-refractivity contribution in [3.63, 3.8) is 0 Å². The minimum Gasteiger partial charge on any atom is -0.457 e. The second-order valence-electron chi connectivity index (χ2n) is 6.64. The molecule has 1 N–H and O–H groups in total. The van der Waals surface area contributed by atoms with E-state index in [0.29, 0.717) is 11.3 Å². The minimum atomic E-state index is -0.125. The second-order valence-corrected chi connectivity index (χ2v) is 6.64. The number of carbonyl (C=O) groups excluding carboxylic acids is 1. The number of hydrogen-bond acceptors (Lipinski definition) is 3. The van der Waals surface area contributed by atoms with Crippen LogP contribution in [0.3, 0.4) is 0 Å². The third kappa shape index (κ3) is 4.29. The van der Waals surface area contributed by atoms with Gasteiger partial charge in [-0.3, -0.25) is 4.79 Å². The van der Waals surface area contributed by atoms with Gasteiger partial charge in [-0.1, -0.05) is 24.3 Å². The SMILES string of the molecule is O=C(Nc1cccc(N2CCCC2)c1)c1ccc(Oc2ccccc2)cc1. The number of amides is 1. The van der Waals surface area contributed by atoms with Crippen LogP contribution < -0.4 is 15.0 Å². The molecule has 0 aliphatic carbocycles. The van der Waals surface area contributed by atoms with Gasteiger partial charge in [0.05, 0.1) is 0 Å². The zero-order chi connectivity index (χ0) is 18.5. The topological polar surface area (TPSA) is 41.6 Å². The van der Waals surface area contributed by atoms with Crippen molar-refractivity contribution in [1.82, 2.24) is 0 Å². The molecular formula is C23H22N2O2. The Labute approximate surface area is 159 Å². The number of carbonyl (C=O) groups is 1. The van der Waals surface area contributed by atoms with E-state index in [9.17, 15) is 4.79 Å². The third-order valence-corrected chi connectivity index (χ3v) is 4.67. The first kappa shape index (κ1) is 17.2. The Morgan fingerprint density at radius 1 is 0.815 bits per heavy atom. The molecule has 0 aromatic heterocycles. The molecule has 4 heteroatoms. The van der Waals surface area contributed by atoms with Crippen molar-refractivity contribution in [2.75, 3.05) is 23.3 Å². The average Bonchev–Trinajstić information content (AvgIpc) is 3.24. The number of ether oxygens (including phenoxy) is 1. The van der Waals surface area contributed by atoms with Gasteiger partial charge in [0, 0.05) is 30.0 Å². The van der Waals surface area contributed by atoms with Gasteiger partial charge in [0.25, 0.3) is 5.91 Å². The lowest BCUT2D eigenvalue weighted by atomic mass is 10.2. The van der Waals surface area contributed by atoms with Crippen LogP contribution in [0, 0.1) is 0 Å². The predicted molar refractivity (Wildman–Crippen MR) is 109 cm³/mol. The summed E-state index contributed by atoms with van der Waals surface area (Å²) < 4.78 is 5.77. The van der Waals surface area contributed by atoms with Gasteiger partial charge in [0.1, 0.15) is 11.5 Å². The van der Waals surface area contributed by atoms with Crippen molar-refractivity contribution in [2.24, 2.45) is 0 Å². The second kappa shape index (κ2) is 7.96. The van der Waals surface area contributed by atoms with Gasteiger partial charge in [0.2, 0.25) is 0 Å². The number of hydrogen-bond donors (Lipinski definition) is 1. The van der Waals surface area contributed by atoms with E-state index in [0.717, 1.165) is 30.2 Å². The lowest BCUT2D eigenvalue weighted by Crippen LogP contribution is -2.18. The Kier molecular flexibility index (Phi) is 5.06. The molecule has 0 radical (unpaired) electrons. The molecule has 1 aliphatic rings. The lowest BCUT2D eigenvalue weighted by Gasteiger charge is -2.18. The summed E-state index contributed by atoms with van der Waals surface area (Å²) in [6.45, 7) is 2.17. The molecule has 3 aromatic rings. The van der Waals surface area contributed by atoms with Crippen molar-refractivity contribution >= 4 is 17.3 Å². The maximum Gasteiger partial charge on any atom is 0.255 e. The molecule has 0 bridgehead atoms. The minimum absolute atomic E-state index is 0.125. The first-order chi connectivity index (χ1) is 13.3. The molecule has 0 saturated carbocycles. The van der Waals surface area contributed by atoms with Crippen LogP contribution >= 0.6 is 0 Å². The van der Waals surface area contributed by atoms with Crippen LogP contribution in [0.4, 0.5) is 11.4 Å². The first-order valence-corrected chi connectivity index (χ1v) is 9.27. The number of nitrogens with zero attached hydrogens (tertiary/aromatic N) is 1. The molecule has 4 nitrogen and oxygen atoms in total. The molecule has 3 aromatic carbocycles. The molecular weight excluding hydrogens is 336 g/mol. The van der Waals surface area contributed by atoms with Gasteiger partial charge in [-0.15, -0.1) is 0 Å². The number of benzene rings is 3. The highest BCUT2D eigenvalue weighted by molar-refractivity contribution is 6.04. The monoisotopic (exact) mass is 358 g/mol.